The highest BCUT2D eigenvalue weighted by atomic mass is 16.2. The summed E-state index contributed by atoms with van der Waals surface area (Å²) >= 11 is 0. The maximum atomic E-state index is 11.4. The quantitative estimate of drug-likeness (QED) is 0.691. The molecule has 3 heteroatoms. The fourth-order valence-electron chi connectivity index (χ4n) is 1.90. The van der Waals surface area contributed by atoms with E-state index < -0.39 is 0 Å². The van der Waals surface area contributed by atoms with Crippen molar-refractivity contribution in [3.05, 3.63) is 12.3 Å². The summed E-state index contributed by atoms with van der Waals surface area (Å²) in [4.78, 5) is 11.4. The molecule has 1 rings (SSSR count). The molecule has 3 nitrogen and oxygen atoms in total. The van der Waals surface area contributed by atoms with Gasteiger partial charge in [0.1, 0.15) is 0 Å². The zero-order chi connectivity index (χ0) is 10.9. The molecule has 1 aliphatic carbocycles. The van der Waals surface area contributed by atoms with Crippen molar-refractivity contribution >= 4 is 6.03 Å². The molecule has 2 N–H and O–H groups in total. The first-order chi connectivity index (χ1) is 7.33. The molecule has 15 heavy (non-hydrogen) atoms. The van der Waals surface area contributed by atoms with Gasteiger partial charge in [-0.25, -0.2) is 4.79 Å². The van der Waals surface area contributed by atoms with Gasteiger partial charge in [-0.1, -0.05) is 38.7 Å². The third kappa shape index (κ3) is 5.45. The molecule has 1 aliphatic rings. The van der Waals surface area contributed by atoms with Crippen LogP contribution in [0.2, 0.25) is 0 Å². The van der Waals surface area contributed by atoms with E-state index in [2.05, 4.69) is 10.6 Å². The van der Waals surface area contributed by atoms with E-state index in [0.29, 0.717) is 6.04 Å². The summed E-state index contributed by atoms with van der Waals surface area (Å²) in [5, 5.41) is 5.74. The molecule has 0 unspecified atom stereocenters. The Morgan fingerprint density at radius 1 is 1.27 bits per heavy atom. The number of carbonyl (C=O) groups excluding carboxylic acids is 1. The Kier molecular flexibility index (Phi) is 5.90. The third-order valence-electron chi connectivity index (χ3n) is 2.76. The van der Waals surface area contributed by atoms with E-state index in [1.54, 1.807) is 6.20 Å². The van der Waals surface area contributed by atoms with Gasteiger partial charge in [0.2, 0.25) is 0 Å². The molecular formula is C12H22N2O. The Morgan fingerprint density at radius 3 is 2.53 bits per heavy atom. The van der Waals surface area contributed by atoms with Gasteiger partial charge in [0.15, 0.2) is 0 Å². The summed E-state index contributed by atoms with van der Waals surface area (Å²) in [6, 6.07) is 0.314. The molecule has 0 aromatic carbocycles. The van der Waals surface area contributed by atoms with Crippen LogP contribution >= 0.6 is 0 Å². The van der Waals surface area contributed by atoms with Crippen LogP contribution in [0, 0.1) is 0 Å². The van der Waals surface area contributed by atoms with Crippen molar-refractivity contribution in [3.63, 3.8) is 0 Å². The molecule has 0 spiro atoms. The third-order valence-corrected chi connectivity index (χ3v) is 2.76. The average Bonchev–Trinajstić information content (AvgIpc) is 2.47. The monoisotopic (exact) mass is 210 g/mol. The zero-order valence-electron chi connectivity index (χ0n) is 9.59. The Balaban J connectivity index is 2.20. The molecule has 0 aromatic rings. The molecular weight excluding hydrogens is 188 g/mol. The number of rotatable bonds is 3. The molecule has 0 aromatic heterocycles. The van der Waals surface area contributed by atoms with Gasteiger partial charge in [0.25, 0.3) is 0 Å². The molecule has 0 heterocycles. The minimum Gasteiger partial charge on any atom is -0.335 e. The van der Waals surface area contributed by atoms with Gasteiger partial charge in [-0.15, -0.1) is 0 Å². The minimum absolute atomic E-state index is 0.0633. The fraction of sp³-hybridized carbons (Fsp3) is 0.750. The highest BCUT2D eigenvalue weighted by Crippen LogP contribution is 2.16. The van der Waals surface area contributed by atoms with E-state index >= 15 is 0 Å². The number of urea groups is 1. The summed E-state index contributed by atoms with van der Waals surface area (Å²) in [6.45, 7) is 2.04. The van der Waals surface area contributed by atoms with E-state index in [-0.39, 0.29) is 6.03 Å². The van der Waals surface area contributed by atoms with Crippen molar-refractivity contribution < 1.29 is 4.79 Å². The Hall–Kier alpha value is -0.990. The number of nitrogens with one attached hydrogen (secondary N) is 2. The fourth-order valence-corrected chi connectivity index (χ4v) is 1.90. The lowest BCUT2D eigenvalue weighted by Gasteiger charge is -2.15. The van der Waals surface area contributed by atoms with Gasteiger partial charge in [0, 0.05) is 12.2 Å². The van der Waals surface area contributed by atoms with Crippen LogP contribution in [0.5, 0.6) is 0 Å². The van der Waals surface area contributed by atoms with Crippen LogP contribution in [0.1, 0.15) is 51.9 Å². The second-order valence-corrected chi connectivity index (χ2v) is 4.12. The van der Waals surface area contributed by atoms with Crippen LogP contribution in [0.15, 0.2) is 12.3 Å². The lowest BCUT2D eigenvalue weighted by molar-refractivity contribution is 0.239. The normalized spacial score (nSPS) is 18.7. The van der Waals surface area contributed by atoms with Crippen molar-refractivity contribution in [2.24, 2.45) is 0 Å². The first-order valence-electron chi connectivity index (χ1n) is 6.05. The van der Waals surface area contributed by atoms with Gasteiger partial charge in [-0.2, -0.15) is 0 Å². The maximum Gasteiger partial charge on any atom is 0.318 e. The predicted octanol–water partition coefficient (Wildman–Crippen LogP) is 2.93. The SMILES string of the molecule is CC/C=C/NC(=O)NC1CCCCCC1. The number of amides is 2. The molecule has 0 bridgehead atoms. The van der Waals surface area contributed by atoms with Gasteiger partial charge in [0.05, 0.1) is 0 Å². The van der Waals surface area contributed by atoms with E-state index in [4.69, 9.17) is 0 Å². The predicted molar refractivity (Wildman–Crippen MR) is 62.6 cm³/mol. The lowest BCUT2D eigenvalue weighted by atomic mass is 10.1. The molecule has 1 saturated carbocycles. The van der Waals surface area contributed by atoms with Crippen molar-refractivity contribution in [1.29, 1.82) is 0 Å². The largest absolute Gasteiger partial charge is 0.335 e. The first kappa shape index (κ1) is 12.1. The number of allylic oxidation sites excluding steroid dienone is 1. The molecule has 86 valence electrons. The van der Waals surface area contributed by atoms with Gasteiger partial charge < -0.3 is 10.6 Å². The van der Waals surface area contributed by atoms with E-state index in [9.17, 15) is 4.79 Å². The number of hydrogen-bond donors (Lipinski definition) is 2. The molecule has 2 amide bonds. The van der Waals surface area contributed by atoms with Crippen molar-refractivity contribution in [2.45, 2.75) is 57.9 Å². The zero-order valence-corrected chi connectivity index (χ0v) is 9.59. The first-order valence-corrected chi connectivity index (χ1v) is 6.05. The lowest BCUT2D eigenvalue weighted by Crippen LogP contribution is -2.39. The Bertz CT molecular complexity index is 206. The smallest absolute Gasteiger partial charge is 0.318 e. The van der Waals surface area contributed by atoms with Crippen LogP contribution in [-0.2, 0) is 0 Å². The van der Waals surface area contributed by atoms with E-state index in [0.717, 1.165) is 19.3 Å². The summed E-state index contributed by atoms with van der Waals surface area (Å²) in [7, 11) is 0. The minimum atomic E-state index is -0.0633. The van der Waals surface area contributed by atoms with E-state index in [1.165, 1.54) is 25.7 Å². The molecule has 0 radical (unpaired) electrons. The molecule has 1 fully saturated rings. The topological polar surface area (TPSA) is 41.1 Å². The summed E-state index contributed by atoms with van der Waals surface area (Å²) in [5.74, 6) is 0. The maximum absolute atomic E-state index is 11.4. The Morgan fingerprint density at radius 2 is 1.93 bits per heavy atom. The van der Waals surface area contributed by atoms with Gasteiger partial charge in [-0.3, -0.25) is 0 Å². The van der Waals surface area contributed by atoms with Crippen molar-refractivity contribution in [1.82, 2.24) is 10.6 Å². The molecule has 0 aliphatic heterocycles. The summed E-state index contributed by atoms with van der Waals surface area (Å²) in [6.07, 6.45) is 12.0. The van der Waals surface area contributed by atoms with Crippen LogP contribution in [-0.4, -0.2) is 12.1 Å². The van der Waals surface area contributed by atoms with Crippen LogP contribution in [0.25, 0.3) is 0 Å². The van der Waals surface area contributed by atoms with Crippen LogP contribution < -0.4 is 10.6 Å². The highest BCUT2D eigenvalue weighted by molar-refractivity contribution is 5.75. The highest BCUT2D eigenvalue weighted by Gasteiger charge is 2.13. The van der Waals surface area contributed by atoms with Gasteiger partial charge >= 0.3 is 6.03 Å². The summed E-state index contributed by atoms with van der Waals surface area (Å²) in [5.41, 5.74) is 0. The summed E-state index contributed by atoms with van der Waals surface area (Å²) < 4.78 is 0. The second-order valence-electron chi connectivity index (χ2n) is 4.12. The van der Waals surface area contributed by atoms with Crippen molar-refractivity contribution in [2.75, 3.05) is 0 Å². The van der Waals surface area contributed by atoms with E-state index in [1.807, 2.05) is 13.0 Å². The van der Waals surface area contributed by atoms with Crippen LogP contribution in [0.4, 0.5) is 4.79 Å². The molecule has 0 saturated heterocycles. The Labute approximate surface area is 92.3 Å². The van der Waals surface area contributed by atoms with Crippen LogP contribution in [0.3, 0.4) is 0 Å². The van der Waals surface area contributed by atoms with Gasteiger partial charge in [-0.05, 0) is 19.3 Å². The molecule has 0 atom stereocenters. The number of carbonyl (C=O) groups is 1. The average molecular weight is 210 g/mol. The second kappa shape index (κ2) is 7.32. The standard InChI is InChI=1S/C12H22N2O/c1-2-3-10-13-12(15)14-11-8-6-4-5-7-9-11/h3,10-11H,2,4-9H2,1H3,(H2,13,14,15)/b10-3+. The van der Waals surface area contributed by atoms with Crippen molar-refractivity contribution in [3.8, 4) is 0 Å². The number of hydrogen-bond acceptors (Lipinski definition) is 1.